The average Bonchev–Trinajstić information content (AvgIpc) is 2.87. The Morgan fingerprint density at radius 3 is 2.59 bits per heavy atom. The van der Waals surface area contributed by atoms with Crippen LogP contribution in [-0.4, -0.2) is 20.2 Å². The van der Waals surface area contributed by atoms with Crippen molar-refractivity contribution in [3.63, 3.8) is 0 Å². The van der Waals surface area contributed by atoms with E-state index in [2.05, 4.69) is 45.8 Å². The Labute approximate surface area is 126 Å². The monoisotopic (exact) mass is 435 g/mol. The predicted octanol–water partition coefficient (Wildman–Crippen LogP) is 2.12. The van der Waals surface area contributed by atoms with Gasteiger partial charge in [0.1, 0.15) is 0 Å². The van der Waals surface area contributed by atoms with Crippen LogP contribution in [0, 0.1) is 0 Å². The van der Waals surface area contributed by atoms with Gasteiger partial charge in [0.05, 0.1) is 0 Å². The molecular formula is C10H9Cl2HfN4. The summed E-state index contributed by atoms with van der Waals surface area (Å²) in [5.41, 5.74) is 3.81. The molecule has 0 fully saturated rings. The maximum absolute atomic E-state index is 4.08. The summed E-state index contributed by atoms with van der Waals surface area (Å²) in [6.07, 6.45) is 3.62. The van der Waals surface area contributed by atoms with Gasteiger partial charge >= 0.3 is 102 Å². The zero-order valence-corrected chi connectivity index (χ0v) is 13.9. The number of hydrogen-bond acceptors (Lipinski definition) is 3. The molecule has 0 aliphatic heterocycles. The van der Waals surface area contributed by atoms with Crippen molar-refractivity contribution in [3.05, 3.63) is 41.7 Å². The molecular weight excluding hydrogens is 426 g/mol. The third-order valence-electron chi connectivity index (χ3n) is 2.49. The van der Waals surface area contributed by atoms with Crippen LogP contribution >= 0.6 is 24.8 Å². The van der Waals surface area contributed by atoms with Crippen molar-refractivity contribution in [2.45, 2.75) is 3.67 Å². The average molecular weight is 435 g/mol. The van der Waals surface area contributed by atoms with Crippen LogP contribution in [0.2, 0.25) is 0 Å². The number of benzene rings is 1. The number of allylic oxidation sites excluding steroid dienone is 1. The molecule has 1 aliphatic carbocycles. The van der Waals surface area contributed by atoms with Gasteiger partial charge in [-0.05, 0) is 0 Å². The molecule has 1 aliphatic rings. The van der Waals surface area contributed by atoms with Crippen molar-refractivity contribution >= 4 is 36.6 Å². The fraction of sp³-hybridized carbons (Fsp3) is 0.100. The van der Waals surface area contributed by atoms with E-state index < -0.39 is 0 Å². The summed E-state index contributed by atoms with van der Waals surface area (Å²) >= 11 is 1.06. The van der Waals surface area contributed by atoms with E-state index in [-0.39, 0.29) is 24.8 Å². The molecule has 1 aromatic carbocycles. The minimum atomic E-state index is 0. The quantitative estimate of drug-likeness (QED) is 0.646. The van der Waals surface area contributed by atoms with Crippen LogP contribution in [0.1, 0.15) is 14.8 Å². The van der Waals surface area contributed by atoms with Crippen molar-refractivity contribution < 1.29 is 24.4 Å². The van der Waals surface area contributed by atoms with Gasteiger partial charge in [0, 0.05) is 0 Å². The summed E-state index contributed by atoms with van der Waals surface area (Å²) in [5.74, 6) is 0. The van der Waals surface area contributed by atoms with Gasteiger partial charge in [-0.2, -0.15) is 0 Å². The normalized spacial score (nSPS) is 16.4. The van der Waals surface area contributed by atoms with Crippen molar-refractivity contribution in [2.24, 2.45) is 0 Å². The molecule has 1 atom stereocenters. The van der Waals surface area contributed by atoms with Gasteiger partial charge < -0.3 is 0 Å². The molecule has 87 valence electrons. The summed E-state index contributed by atoms with van der Waals surface area (Å²) < 4.78 is 0.468. The zero-order valence-electron chi connectivity index (χ0n) is 8.65. The second-order valence-electron chi connectivity index (χ2n) is 3.36. The van der Waals surface area contributed by atoms with Gasteiger partial charge in [0.2, 0.25) is 0 Å². The fourth-order valence-corrected chi connectivity index (χ4v) is 3.42. The van der Waals surface area contributed by atoms with E-state index in [1.807, 2.05) is 0 Å². The Bertz CT molecular complexity index is 527. The van der Waals surface area contributed by atoms with Crippen LogP contribution in [0.4, 0.5) is 0 Å². The Morgan fingerprint density at radius 1 is 1.18 bits per heavy atom. The number of tetrazole rings is 1. The van der Waals surface area contributed by atoms with Crippen molar-refractivity contribution in [2.75, 3.05) is 0 Å². The van der Waals surface area contributed by atoms with E-state index in [4.69, 9.17) is 0 Å². The predicted molar refractivity (Wildman–Crippen MR) is 65.7 cm³/mol. The molecule has 7 heteroatoms. The van der Waals surface area contributed by atoms with Gasteiger partial charge in [0.25, 0.3) is 0 Å². The van der Waals surface area contributed by atoms with Crippen molar-refractivity contribution in [1.82, 2.24) is 20.2 Å². The fourth-order valence-electron chi connectivity index (χ4n) is 1.77. The van der Waals surface area contributed by atoms with E-state index in [0.717, 1.165) is 30.1 Å². The molecule has 2 aromatic rings. The third-order valence-corrected chi connectivity index (χ3v) is 4.67. The Balaban J connectivity index is 0.000000722. The van der Waals surface area contributed by atoms with Crippen LogP contribution in [0.5, 0.6) is 0 Å². The summed E-state index contributed by atoms with van der Waals surface area (Å²) in [5, 5.41) is 11.8. The number of nitrogens with zero attached hydrogens (tertiary/aromatic N) is 4. The zero-order chi connectivity index (χ0) is 10.3. The number of hydrogen-bond donors (Lipinski definition) is 0. The van der Waals surface area contributed by atoms with Gasteiger partial charge in [-0.25, -0.2) is 0 Å². The molecule has 17 heavy (non-hydrogen) atoms. The van der Waals surface area contributed by atoms with Crippen LogP contribution < -0.4 is 0 Å². The number of halogens is 2. The minimum absolute atomic E-state index is 0. The molecule has 0 saturated carbocycles. The molecule has 4 nitrogen and oxygen atoms in total. The van der Waals surface area contributed by atoms with E-state index in [0.29, 0.717) is 3.67 Å². The molecule has 0 radical (unpaired) electrons. The molecule has 1 aromatic heterocycles. The van der Waals surface area contributed by atoms with Crippen LogP contribution in [0.15, 0.2) is 30.6 Å². The van der Waals surface area contributed by atoms with Crippen molar-refractivity contribution in [1.29, 1.82) is 0 Å². The van der Waals surface area contributed by atoms with Crippen LogP contribution in [-0.2, 0) is 24.4 Å². The summed E-state index contributed by atoms with van der Waals surface area (Å²) in [6, 6.07) is 8.44. The molecule has 0 N–H and O–H groups in total. The summed E-state index contributed by atoms with van der Waals surface area (Å²) in [7, 11) is 0. The molecule has 1 heterocycles. The molecule has 0 saturated heterocycles. The van der Waals surface area contributed by atoms with E-state index >= 15 is 0 Å². The first kappa shape index (κ1) is 14.5. The number of rotatable bonds is 1. The summed E-state index contributed by atoms with van der Waals surface area (Å²) in [6.45, 7) is 0. The first-order valence-corrected chi connectivity index (χ1v) is 6.68. The van der Waals surface area contributed by atoms with E-state index in [9.17, 15) is 0 Å². The van der Waals surface area contributed by atoms with Gasteiger partial charge in [0.15, 0.2) is 0 Å². The second kappa shape index (κ2) is 5.89. The van der Waals surface area contributed by atoms with Gasteiger partial charge in [-0.1, -0.05) is 0 Å². The molecule has 1 unspecified atom stereocenters. The Hall–Kier alpha value is -0.520. The van der Waals surface area contributed by atoms with Gasteiger partial charge in [-0.3, -0.25) is 0 Å². The first-order valence-electron chi connectivity index (χ1n) is 4.61. The molecule has 3 rings (SSSR count). The number of fused-ring (bicyclic) bond motifs is 1. The van der Waals surface area contributed by atoms with E-state index in [1.54, 1.807) is 4.80 Å². The van der Waals surface area contributed by atoms with Crippen LogP contribution in [0.3, 0.4) is 0 Å². The Morgan fingerprint density at radius 2 is 1.94 bits per heavy atom. The standard InChI is InChI=1S/C10H7N4.2ClH.Hf/c1-2-4-9-6-10(5-8(9)3-1)14-12-7-11-13-14;;;/h1-7H;2*1H;. The van der Waals surface area contributed by atoms with Gasteiger partial charge in [-0.15, -0.1) is 24.8 Å². The van der Waals surface area contributed by atoms with Crippen LogP contribution in [0.25, 0.3) is 11.8 Å². The summed E-state index contributed by atoms with van der Waals surface area (Å²) in [4.78, 5) is 1.62. The molecule has 0 spiro atoms. The Kier molecular flexibility index (Phi) is 5.04. The maximum atomic E-state index is 4.08. The molecule has 0 bridgehead atoms. The van der Waals surface area contributed by atoms with E-state index in [1.165, 1.54) is 17.5 Å². The third kappa shape index (κ3) is 2.51. The topological polar surface area (TPSA) is 43.6 Å². The molecule has 0 amide bonds. The SMILES string of the molecule is Cl.Cl.[Hf][CH]1C(n2ncnn2)=Cc2ccccc21. The van der Waals surface area contributed by atoms with Crippen molar-refractivity contribution in [3.8, 4) is 0 Å². The second-order valence-corrected chi connectivity index (χ2v) is 5.43. The number of aromatic nitrogens is 4. The first-order chi connectivity index (χ1) is 7.36.